The van der Waals surface area contributed by atoms with Crippen molar-refractivity contribution >= 4 is 0 Å². The number of hydrogen-bond acceptors (Lipinski definition) is 2. The van der Waals surface area contributed by atoms with E-state index in [1.807, 2.05) is 19.3 Å². The van der Waals surface area contributed by atoms with Crippen molar-refractivity contribution in [3.05, 3.63) is 30.1 Å². The zero-order valence-corrected chi connectivity index (χ0v) is 9.65. The first kappa shape index (κ1) is 12.1. The molecule has 1 rings (SSSR count). The molecular formula is C12H21N2O+. The van der Waals surface area contributed by atoms with Gasteiger partial charge in [-0.1, -0.05) is 0 Å². The van der Waals surface area contributed by atoms with Gasteiger partial charge in [0.25, 0.3) is 0 Å². The molecule has 0 aromatic carbocycles. The second-order valence-electron chi connectivity index (χ2n) is 3.64. The summed E-state index contributed by atoms with van der Waals surface area (Å²) in [4.78, 5) is 4.01. The molecule has 0 saturated carbocycles. The number of pyridine rings is 1. The minimum Gasteiger partial charge on any atom is -0.382 e. The average molecular weight is 209 g/mol. The van der Waals surface area contributed by atoms with Crippen molar-refractivity contribution in [1.82, 2.24) is 4.98 Å². The summed E-state index contributed by atoms with van der Waals surface area (Å²) in [6.07, 6.45) is 4.81. The van der Waals surface area contributed by atoms with Crippen LogP contribution in [0.3, 0.4) is 0 Å². The maximum Gasteiger partial charge on any atom is 0.109 e. The van der Waals surface area contributed by atoms with E-state index in [-0.39, 0.29) is 0 Å². The molecule has 0 aliphatic rings. The van der Waals surface area contributed by atoms with Crippen LogP contribution in [0.25, 0.3) is 0 Å². The van der Waals surface area contributed by atoms with Crippen LogP contribution in [0.4, 0.5) is 0 Å². The molecule has 0 aliphatic carbocycles. The van der Waals surface area contributed by atoms with Crippen molar-refractivity contribution in [1.29, 1.82) is 0 Å². The van der Waals surface area contributed by atoms with Crippen LogP contribution in [0.1, 0.15) is 31.9 Å². The molecule has 15 heavy (non-hydrogen) atoms. The highest BCUT2D eigenvalue weighted by atomic mass is 16.5. The van der Waals surface area contributed by atoms with Gasteiger partial charge in [-0.25, -0.2) is 0 Å². The number of nitrogens with zero attached hydrogens (tertiary/aromatic N) is 1. The SMILES string of the molecule is CCOCCC[NH2+][C@H](C)c1ccncc1. The van der Waals surface area contributed by atoms with E-state index in [0.29, 0.717) is 6.04 Å². The maximum atomic E-state index is 5.29. The number of hydrogen-bond donors (Lipinski definition) is 1. The summed E-state index contributed by atoms with van der Waals surface area (Å²) < 4.78 is 5.29. The average Bonchev–Trinajstić information content (AvgIpc) is 2.30. The first-order chi connectivity index (χ1) is 7.34. The first-order valence-electron chi connectivity index (χ1n) is 5.65. The standard InChI is InChI=1S/C12H20N2O/c1-3-15-10-4-7-14-11(2)12-5-8-13-9-6-12/h5-6,8-9,11,14H,3-4,7,10H2,1-2H3/p+1/t11-/m1/s1. The van der Waals surface area contributed by atoms with Gasteiger partial charge in [0.2, 0.25) is 0 Å². The third-order valence-corrected chi connectivity index (χ3v) is 2.45. The number of nitrogens with two attached hydrogens (primary N) is 1. The molecule has 84 valence electrons. The topological polar surface area (TPSA) is 38.7 Å². The van der Waals surface area contributed by atoms with Crippen LogP contribution in [0, 0.1) is 0 Å². The van der Waals surface area contributed by atoms with Gasteiger partial charge >= 0.3 is 0 Å². The Bertz CT molecular complexity index is 251. The number of rotatable bonds is 7. The van der Waals surface area contributed by atoms with Crippen molar-refractivity contribution in [2.24, 2.45) is 0 Å². The summed E-state index contributed by atoms with van der Waals surface area (Å²) in [7, 11) is 0. The Balaban J connectivity index is 2.16. The fourth-order valence-electron chi connectivity index (χ4n) is 1.50. The zero-order valence-electron chi connectivity index (χ0n) is 9.65. The molecule has 0 amide bonds. The zero-order chi connectivity index (χ0) is 10.9. The Hall–Kier alpha value is -0.930. The summed E-state index contributed by atoms with van der Waals surface area (Å²) in [6.45, 7) is 7.05. The first-order valence-corrected chi connectivity index (χ1v) is 5.65. The maximum absolute atomic E-state index is 5.29. The summed E-state index contributed by atoms with van der Waals surface area (Å²) in [5, 5.41) is 2.34. The Labute approximate surface area is 91.9 Å². The molecule has 2 N–H and O–H groups in total. The lowest BCUT2D eigenvalue weighted by Gasteiger charge is -2.10. The summed E-state index contributed by atoms with van der Waals surface area (Å²) >= 11 is 0. The van der Waals surface area contributed by atoms with E-state index in [2.05, 4.69) is 29.4 Å². The van der Waals surface area contributed by atoms with E-state index in [9.17, 15) is 0 Å². The van der Waals surface area contributed by atoms with Gasteiger partial charge in [0.1, 0.15) is 6.04 Å². The van der Waals surface area contributed by atoms with Gasteiger partial charge in [0.15, 0.2) is 0 Å². The van der Waals surface area contributed by atoms with E-state index in [1.54, 1.807) is 0 Å². The predicted octanol–water partition coefficient (Wildman–Crippen LogP) is 1.13. The Morgan fingerprint density at radius 1 is 1.40 bits per heavy atom. The molecule has 0 radical (unpaired) electrons. The Morgan fingerprint density at radius 3 is 2.80 bits per heavy atom. The monoisotopic (exact) mass is 209 g/mol. The molecule has 0 unspecified atom stereocenters. The minimum atomic E-state index is 0.509. The third kappa shape index (κ3) is 4.91. The number of quaternary nitrogens is 1. The van der Waals surface area contributed by atoms with Gasteiger partial charge in [-0.05, 0) is 26.0 Å². The molecule has 0 aliphatic heterocycles. The van der Waals surface area contributed by atoms with Crippen molar-refractivity contribution in [3.63, 3.8) is 0 Å². The smallest absolute Gasteiger partial charge is 0.109 e. The van der Waals surface area contributed by atoms with Crippen molar-refractivity contribution < 1.29 is 10.1 Å². The summed E-state index contributed by atoms with van der Waals surface area (Å²) in [6, 6.07) is 4.66. The lowest BCUT2D eigenvalue weighted by atomic mass is 10.1. The molecule has 0 bridgehead atoms. The summed E-state index contributed by atoms with van der Waals surface area (Å²) in [5.74, 6) is 0. The van der Waals surface area contributed by atoms with E-state index >= 15 is 0 Å². The van der Waals surface area contributed by atoms with Crippen molar-refractivity contribution in [3.8, 4) is 0 Å². The molecule has 0 saturated heterocycles. The van der Waals surface area contributed by atoms with Crippen molar-refractivity contribution in [2.45, 2.75) is 26.3 Å². The van der Waals surface area contributed by atoms with Crippen LogP contribution in [0.15, 0.2) is 24.5 Å². The third-order valence-electron chi connectivity index (χ3n) is 2.45. The highest BCUT2D eigenvalue weighted by Gasteiger charge is 2.06. The van der Waals surface area contributed by atoms with Gasteiger partial charge in [-0.15, -0.1) is 0 Å². The fourth-order valence-corrected chi connectivity index (χ4v) is 1.50. The van der Waals surface area contributed by atoms with E-state index < -0.39 is 0 Å². The van der Waals surface area contributed by atoms with Crippen LogP contribution >= 0.6 is 0 Å². The Morgan fingerprint density at radius 2 is 2.13 bits per heavy atom. The highest BCUT2D eigenvalue weighted by molar-refractivity contribution is 5.11. The fraction of sp³-hybridized carbons (Fsp3) is 0.583. The molecule has 3 nitrogen and oxygen atoms in total. The number of ether oxygens (including phenoxy) is 1. The van der Waals surface area contributed by atoms with Crippen LogP contribution in [0.2, 0.25) is 0 Å². The highest BCUT2D eigenvalue weighted by Crippen LogP contribution is 2.04. The second-order valence-corrected chi connectivity index (χ2v) is 3.64. The molecule has 1 aromatic heterocycles. The van der Waals surface area contributed by atoms with Crippen molar-refractivity contribution in [2.75, 3.05) is 19.8 Å². The second kappa shape index (κ2) is 7.37. The molecule has 1 heterocycles. The molecular weight excluding hydrogens is 188 g/mol. The number of aromatic nitrogens is 1. The van der Waals surface area contributed by atoms with E-state index in [1.165, 1.54) is 5.56 Å². The van der Waals surface area contributed by atoms with Crippen LogP contribution in [0.5, 0.6) is 0 Å². The minimum absolute atomic E-state index is 0.509. The summed E-state index contributed by atoms with van der Waals surface area (Å²) in [5.41, 5.74) is 1.33. The molecule has 0 fully saturated rings. The van der Waals surface area contributed by atoms with Crippen LogP contribution in [-0.2, 0) is 4.74 Å². The van der Waals surface area contributed by atoms with Gasteiger partial charge in [-0.2, -0.15) is 0 Å². The molecule has 0 spiro atoms. The van der Waals surface area contributed by atoms with E-state index in [0.717, 1.165) is 26.2 Å². The van der Waals surface area contributed by atoms with Gasteiger partial charge in [0, 0.05) is 31.0 Å². The largest absolute Gasteiger partial charge is 0.382 e. The van der Waals surface area contributed by atoms with Gasteiger partial charge in [-0.3, -0.25) is 4.98 Å². The quantitative estimate of drug-likeness (QED) is 0.684. The Kier molecular flexibility index (Phi) is 5.97. The lowest BCUT2D eigenvalue weighted by Crippen LogP contribution is -2.84. The lowest BCUT2D eigenvalue weighted by molar-refractivity contribution is -0.693. The van der Waals surface area contributed by atoms with Gasteiger partial charge < -0.3 is 10.1 Å². The van der Waals surface area contributed by atoms with Crippen LogP contribution in [-0.4, -0.2) is 24.7 Å². The normalized spacial score (nSPS) is 12.7. The molecule has 1 aromatic rings. The van der Waals surface area contributed by atoms with Crippen LogP contribution < -0.4 is 5.32 Å². The predicted molar refractivity (Wildman–Crippen MR) is 60.6 cm³/mol. The van der Waals surface area contributed by atoms with Gasteiger partial charge in [0.05, 0.1) is 13.2 Å². The molecule has 3 heteroatoms. The molecule has 1 atom stereocenters. The van der Waals surface area contributed by atoms with E-state index in [4.69, 9.17) is 4.74 Å².